The van der Waals surface area contributed by atoms with E-state index < -0.39 is 5.41 Å². The number of fused-ring (bicyclic) bond motifs is 1. The van der Waals surface area contributed by atoms with Crippen molar-refractivity contribution in [1.29, 1.82) is 0 Å². The summed E-state index contributed by atoms with van der Waals surface area (Å²) in [5, 5.41) is 0. The lowest BCUT2D eigenvalue weighted by atomic mass is 9.91. The third-order valence-corrected chi connectivity index (χ3v) is 4.77. The van der Waals surface area contributed by atoms with Crippen molar-refractivity contribution in [3.05, 3.63) is 24.3 Å². The van der Waals surface area contributed by atoms with Crippen LogP contribution in [0, 0.1) is 11.3 Å². The van der Waals surface area contributed by atoms with Gasteiger partial charge in [0.05, 0.1) is 11.4 Å². The molecule has 0 saturated heterocycles. The van der Waals surface area contributed by atoms with Crippen LogP contribution in [0.2, 0.25) is 0 Å². The molecule has 0 bridgehead atoms. The van der Waals surface area contributed by atoms with Gasteiger partial charge >= 0.3 is 0 Å². The van der Waals surface area contributed by atoms with Gasteiger partial charge in [-0.3, -0.25) is 9.59 Å². The molecule has 1 aromatic carbocycles. The third kappa shape index (κ3) is 2.40. The first-order chi connectivity index (χ1) is 10.5. The fourth-order valence-electron chi connectivity index (χ4n) is 3.28. The number of carbonyl (C=O) groups excluding carboxylic acids is 2. The standard InChI is InChI=1S/C18H24N2O2/c1-13(2)12-16(21)18(8-9-18)17(22)20-11-10-19(3)14-6-4-5-7-15(14)20/h4-7,13H,8-12H2,1-3H3. The number of Topliss-reactive ketones (excluding diaryl/α,β-unsaturated/α-hetero) is 1. The number of rotatable bonds is 4. The number of hydrogen-bond donors (Lipinski definition) is 0. The summed E-state index contributed by atoms with van der Waals surface area (Å²) in [5.41, 5.74) is 1.27. The first-order valence-electron chi connectivity index (χ1n) is 8.11. The summed E-state index contributed by atoms with van der Waals surface area (Å²) in [6.07, 6.45) is 1.93. The molecule has 1 aliphatic carbocycles. The lowest BCUT2D eigenvalue weighted by Gasteiger charge is -2.37. The Balaban J connectivity index is 1.88. The molecule has 0 aromatic heterocycles. The Bertz CT molecular complexity index is 605. The highest BCUT2D eigenvalue weighted by molar-refractivity contribution is 6.15. The summed E-state index contributed by atoms with van der Waals surface area (Å²) in [7, 11) is 2.04. The Labute approximate surface area is 132 Å². The van der Waals surface area contributed by atoms with Gasteiger partial charge in [-0.05, 0) is 30.9 Å². The second kappa shape index (κ2) is 5.41. The van der Waals surface area contributed by atoms with Crippen LogP contribution in [0.5, 0.6) is 0 Å². The van der Waals surface area contributed by atoms with Crippen LogP contribution in [0.4, 0.5) is 11.4 Å². The van der Waals surface area contributed by atoms with E-state index in [1.54, 1.807) is 0 Å². The normalized spacial score (nSPS) is 19.1. The molecular formula is C18H24N2O2. The summed E-state index contributed by atoms with van der Waals surface area (Å²) in [6, 6.07) is 7.95. The molecule has 1 saturated carbocycles. The number of nitrogens with zero attached hydrogens (tertiary/aromatic N) is 2. The average Bonchev–Trinajstić information content (AvgIpc) is 3.28. The van der Waals surface area contributed by atoms with Crippen LogP contribution in [0.15, 0.2) is 24.3 Å². The second-order valence-electron chi connectivity index (χ2n) is 6.97. The highest BCUT2D eigenvalue weighted by Crippen LogP contribution is 2.50. The number of benzene rings is 1. The zero-order chi connectivity index (χ0) is 15.9. The maximum absolute atomic E-state index is 13.1. The Morgan fingerprint density at radius 1 is 1.14 bits per heavy atom. The van der Waals surface area contributed by atoms with Gasteiger partial charge in [0.2, 0.25) is 5.91 Å². The summed E-state index contributed by atoms with van der Waals surface area (Å²) in [6.45, 7) is 5.52. The molecule has 2 aliphatic rings. The molecular weight excluding hydrogens is 276 g/mol. The zero-order valence-corrected chi connectivity index (χ0v) is 13.6. The molecule has 0 unspecified atom stereocenters. The molecule has 22 heavy (non-hydrogen) atoms. The van der Waals surface area contributed by atoms with Crippen LogP contribution in [-0.2, 0) is 9.59 Å². The average molecular weight is 300 g/mol. The van der Waals surface area contributed by atoms with Gasteiger partial charge in [0, 0.05) is 26.6 Å². The van der Waals surface area contributed by atoms with Crippen LogP contribution in [-0.4, -0.2) is 31.8 Å². The number of ketones is 1. The molecule has 3 rings (SSSR count). The zero-order valence-electron chi connectivity index (χ0n) is 13.6. The molecule has 1 fully saturated rings. The van der Waals surface area contributed by atoms with E-state index in [4.69, 9.17) is 0 Å². The van der Waals surface area contributed by atoms with E-state index in [0.29, 0.717) is 31.7 Å². The molecule has 1 amide bonds. The van der Waals surface area contributed by atoms with Crippen LogP contribution < -0.4 is 9.80 Å². The largest absolute Gasteiger partial charge is 0.371 e. The van der Waals surface area contributed by atoms with E-state index in [1.165, 1.54) is 0 Å². The summed E-state index contributed by atoms with van der Waals surface area (Å²) in [4.78, 5) is 29.6. The third-order valence-electron chi connectivity index (χ3n) is 4.77. The molecule has 1 aliphatic heterocycles. The van der Waals surface area contributed by atoms with E-state index in [0.717, 1.165) is 17.9 Å². The van der Waals surface area contributed by atoms with Crippen LogP contribution in [0.25, 0.3) is 0 Å². The van der Waals surface area contributed by atoms with Gasteiger partial charge in [-0.15, -0.1) is 0 Å². The minimum atomic E-state index is -0.729. The Kier molecular flexibility index (Phi) is 3.71. The first kappa shape index (κ1) is 15.1. The van der Waals surface area contributed by atoms with E-state index in [1.807, 2.05) is 50.1 Å². The van der Waals surface area contributed by atoms with Gasteiger partial charge in [0.1, 0.15) is 11.2 Å². The quantitative estimate of drug-likeness (QED) is 0.803. The Hall–Kier alpha value is -1.84. The topological polar surface area (TPSA) is 40.6 Å². The van der Waals surface area contributed by atoms with E-state index in [9.17, 15) is 9.59 Å². The van der Waals surface area contributed by atoms with Gasteiger partial charge in [-0.1, -0.05) is 26.0 Å². The number of para-hydroxylation sites is 2. The fraction of sp³-hybridized carbons (Fsp3) is 0.556. The van der Waals surface area contributed by atoms with Crippen molar-refractivity contribution >= 4 is 23.1 Å². The van der Waals surface area contributed by atoms with Crippen LogP contribution in [0.1, 0.15) is 33.1 Å². The Morgan fingerprint density at radius 2 is 1.77 bits per heavy atom. The van der Waals surface area contributed by atoms with Crippen molar-refractivity contribution in [1.82, 2.24) is 0 Å². The van der Waals surface area contributed by atoms with Crippen molar-refractivity contribution in [3.63, 3.8) is 0 Å². The maximum Gasteiger partial charge on any atom is 0.240 e. The van der Waals surface area contributed by atoms with Gasteiger partial charge < -0.3 is 9.80 Å². The molecule has 1 aromatic rings. The molecule has 0 atom stereocenters. The lowest BCUT2D eigenvalue weighted by Crippen LogP contribution is -2.47. The van der Waals surface area contributed by atoms with Crippen molar-refractivity contribution < 1.29 is 9.59 Å². The van der Waals surface area contributed by atoms with Gasteiger partial charge in [-0.25, -0.2) is 0 Å². The minimum absolute atomic E-state index is 0.0127. The van der Waals surface area contributed by atoms with Crippen LogP contribution in [0.3, 0.4) is 0 Å². The van der Waals surface area contributed by atoms with E-state index in [2.05, 4.69) is 4.90 Å². The molecule has 118 valence electrons. The van der Waals surface area contributed by atoms with E-state index >= 15 is 0 Å². The summed E-state index contributed by atoms with van der Waals surface area (Å²) >= 11 is 0. The summed E-state index contributed by atoms with van der Waals surface area (Å²) < 4.78 is 0. The molecule has 4 heteroatoms. The number of amides is 1. The minimum Gasteiger partial charge on any atom is -0.371 e. The molecule has 4 nitrogen and oxygen atoms in total. The van der Waals surface area contributed by atoms with Crippen molar-refractivity contribution in [2.24, 2.45) is 11.3 Å². The van der Waals surface area contributed by atoms with Gasteiger partial charge in [-0.2, -0.15) is 0 Å². The summed E-state index contributed by atoms with van der Waals surface area (Å²) in [5.74, 6) is 0.445. The molecule has 0 radical (unpaired) electrons. The number of hydrogen-bond acceptors (Lipinski definition) is 3. The first-order valence-corrected chi connectivity index (χ1v) is 8.11. The smallest absolute Gasteiger partial charge is 0.240 e. The monoisotopic (exact) mass is 300 g/mol. The van der Waals surface area contributed by atoms with Gasteiger partial charge in [0.15, 0.2) is 0 Å². The van der Waals surface area contributed by atoms with Gasteiger partial charge in [0.25, 0.3) is 0 Å². The fourth-order valence-corrected chi connectivity index (χ4v) is 3.28. The number of likely N-dealkylation sites (N-methyl/N-ethyl adjacent to an activating group) is 1. The van der Waals surface area contributed by atoms with Crippen molar-refractivity contribution in [2.75, 3.05) is 29.9 Å². The van der Waals surface area contributed by atoms with Crippen molar-refractivity contribution in [3.8, 4) is 0 Å². The highest BCUT2D eigenvalue weighted by Gasteiger charge is 2.57. The Morgan fingerprint density at radius 3 is 2.36 bits per heavy atom. The van der Waals surface area contributed by atoms with Crippen molar-refractivity contribution in [2.45, 2.75) is 33.1 Å². The molecule has 0 N–H and O–H groups in total. The van der Waals surface area contributed by atoms with E-state index in [-0.39, 0.29) is 11.7 Å². The number of anilines is 2. The molecule has 0 spiro atoms. The molecule has 1 heterocycles. The predicted molar refractivity (Wildman–Crippen MR) is 88.2 cm³/mol. The SMILES string of the molecule is CC(C)CC(=O)C1(C(=O)N2CCN(C)c3ccccc32)CC1. The number of carbonyl (C=O) groups is 2. The second-order valence-corrected chi connectivity index (χ2v) is 6.97. The predicted octanol–water partition coefficient (Wildman–Crippen LogP) is 2.86. The maximum atomic E-state index is 13.1. The van der Waals surface area contributed by atoms with Crippen LogP contribution >= 0.6 is 0 Å². The highest BCUT2D eigenvalue weighted by atomic mass is 16.2. The lowest BCUT2D eigenvalue weighted by molar-refractivity contribution is -0.134.